The van der Waals surface area contributed by atoms with Crippen LogP contribution >= 0.6 is 0 Å². The number of hydrogen-bond acceptors (Lipinski definition) is 3. The maximum atomic E-state index is 11.5. The van der Waals surface area contributed by atoms with Crippen molar-refractivity contribution >= 4 is 11.9 Å². The number of hydrogen-bond donors (Lipinski definition) is 2. The Morgan fingerprint density at radius 2 is 2.35 bits per heavy atom. The molecule has 0 aromatic carbocycles. The number of carbonyl (C=O) groups is 2. The summed E-state index contributed by atoms with van der Waals surface area (Å²) in [6.07, 6.45) is 4.82. The van der Waals surface area contributed by atoms with E-state index in [1.54, 1.807) is 10.9 Å². The van der Waals surface area contributed by atoms with E-state index < -0.39 is 11.9 Å². The summed E-state index contributed by atoms with van der Waals surface area (Å²) in [5.74, 6) is -1.84. The summed E-state index contributed by atoms with van der Waals surface area (Å²) in [5.41, 5.74) is 1.05. The van der Waals surface area contributed by atoms with Crippen LogP contribution in [0.2, 0.25) is 0 Å². The molecule has 1 aromatic rings. The number of rotatable bonds is 5. The molecule has 1 aliphatic carbocycles. The molecule has 2 atom stereocenters. The third-order valence-corrected chi connectivity index (χ3v) is 2.92. The molecular weight excluding hydrogens is 222 g/mol. The van der Waals surface area contributed by atoms with Crippen LogP contribution in [0.4, 0.5) is 0 Å². The van der Waals surface area contributed by atoms with Gasteiger partial charge in [-0.05, 0) is 18.4 Å². The van der Waals surface area contributed by atoms with E-state index in [0.717, 1.165) is 5.56 Å². The van der Waals surface area contributed by atoms with Gasteiger partial charge < -0.3 is 10.4 Å². The van der Waals surface area contributed by atoms with Crippen molar-refractivity contribution in [3.63, 3.8) is 0 Å². The first kappa shape index (κ1) is 11.6. The molecule has 17 heavy (non-hydrogen) atoms. The summed E-state index contributed by atoms with van der Waals surface area (Å²) in [4.78, 5) is 22.1. The Balaban J connectivity index is 1.69. The topological polar surface area (TPSA) is 84.2 Å². The molecule has 6 nitrogen and oxygen atoms in total. The second-order valence-corrected chi connectivity index (χ2v) is 4.35. The van der Waals surface area contributed by atoms with E-state index in [1.165, 1.54) is 0 Å². The van der Waals surface area contributed by atoms with E-state index >= 15 is 0 Å². The number of aliphatic carboxylic acids is 1. The number of carboxylic acid groups (broad SMARTS) is 1. The monoisotopic (exact) mass is 237 g/mol. The van der Waals surface area contributed by atoms with Crippen molar-refractivity contribution in [3.8, 4) is 0 Å². The number of carboxylic acids is 1. The van der Waals surface area contributed by atoms with E-state index in [2.05, 4.69) is 10.4 Å². The fourth-order valence-electron chi connectivity index (χ4n) is 1.82. The van der Waals surface area contributed by atoms with Crippen molar-refractivity contribution in [2.75, 3.05) is 6.54 Å². The van der Waals surface area contributed by atoms with Gasteiger partial charge in [0, 0.05) is 19.8 Å². The second kappa shape index (κ2) is 4.57. The molecule has 6 heteroatoms. The van der Waals surface area contributed by atoms with Gasteiger partial charge in [0.1, 0.15) is 0 Å². The lowest BCUT2D eigenvalue weighted by Crippen LogP contribution is -2.28. The molecule has 1 amide bonds. The van der Waals surface area contributed by atoms with Crippen molar-refractivity contribution in [1.82, 2.24) is 15.1 Å². The SMILES string of the molecule is Cn1cc(CCNC(=O)C2CC2C(=O)O)cn1. The highest BCUT2D eigenvalue weighted by molar-refractivity contribution is 5.89. The Morgan fingerprint density at radius 3 is 2.88 bits per heavy atom. The molecule has 1 heterocycles. The fourth-order valence-corrected chi connectivity index (χ4v) is 1.82. The average Bonchev–Trinajstić information content (AvgIpc) is 2.97. The van der Waals surface area contributed by atoms with Gasteiger partial charge in [-0.15, -0.1) is 0 Å². The molecule has 0 saturated heterocycles. The molecule has 0 bridgehead atoms. The number of amides is 1. The Labute approximate surface area is 98.6 Å². The summed E-state index contributed by atoms with van der Waals surface area (Å²) >= 11 is 0. The number of aryl methyl sites for hydroxylation is 1. The van der Waals surface area contributed by atoms with Crippen molar-refractivity contribution in [1.29, 1.82) is 0 Å². The molecule has 2 rings (SSSR count). The predicted octanol–water partition coefficient (Wildman–Crippen LogP) is -0.200. The molecule has 2 unspecified atom stereocenters. The quantitative estimate of drug-likeness (QED) is 0.742. The van der Waals surface area contributed by atoms with Crippen LogP contribution in [-0.2, 0) is 23.1 Å². The van der Waals surface area contributed by atoms with Gasteiger partial charge in [-0.2, -0.15) is 5.10 Å². The molecule has 1 aliphatic rings. The zero-order valence-electron chi connectivity index (χ0n) is 9.59. The first-order valence-corrected chi connectivity index (χ1v) is 5.56. The van der Waals surface area contributed by atoms with Gasteiger partial charge >= 0.3 is 5.97 Å². The lowest BCUT2D eigenvalue weighted by molar-refractivity contribution is -0.140. The Morgan fingerprint density at radius 1 is 1.59 bits per heavy atom. The van der Waals surface area contributed by atoms with Crippen LogP contribution in [0.25, 0.3) is 0 Å². The molecule has 1 saturated carbocycles. The maximum Gasteiger partial charge on any atom is 0.307 e. The van der Waals surface area contributed by atoms with Gasteiger partial charge in [0.25, 0.3) is 0 Å². The zero-order chi connectivity index (χ0) is 12.4. The van der Waals surface area contributed by atoms with E-state index in [9.17, 15) is 9.59 Å². The maximum absolute atomic E-state index is 11.5. The first-order chi connectivity index (χ1) is 8.08. The molecule has 92 valence electrons. The Kier molecular flexibility index (Phi) is 3.12. The predicted molar refractivity (Wildman–Crippen MR) is 59.2 cm³/mol. The summed E-state index contributed by atoms with van der Waals surface area (Å²) in [5, 5.41) is 15.5. The second-order valence-electron chi connectivity index (χ2n) is 4.35. The highest BCUT2D eigenvalue weighted by atomic mass is 16.4. The van der Waals surface area contributed by atoms with Crippen LogP contribution in [0.5, 0.6) is 0 Å². The summed E-state index contributed by atoms with van der Waals surface area (Å²) in [6, 6.07) is 0. The lowest BCUT2D eigenvalue weighted by atomic mass is 10.2. The smallest absolute Gasteiger partial charge is 0.307 e. The van der Waals surface area contributed by atoms with Gasteiger partial charge in [-0.25, -0.2) is 0 Å². The third-order valence-electron chi connectivity index (χ3n) is 2.92. The number of carbonyl (C=O) groups excluding carboxylic acids is 1. The van der Waals surface area contributed by atoms with Gasteiger partial charge in [0.05, 0.1) is 18.0 Å². The van der Waals surface area contributed by atoms with Crippen LogP contribution in [-0.4, -0.2) is 33.3 Å². The molecule has 1 fully saturated rings. The van der Waals surface area contributed by atoms with E-state index in [0.29, 0.717) is 19.4 Å². The largest absolute Gasteiger partial charge is 0.481 e. The highest BCUT2D eigenvalue weighted by Crippen LogP contribution is 2.38. The van der Waals surface area contributed by atoms with Gasteiger partial charge in [0.15, 0.2) is 0 Å². The van der Waals surface area contributed by atoms with Gasteiger partial charge in [0.2, 0.25) is 5.91 Å². The van der Waals surface area contributed by atoms with E-state index in [-0.39, 0.29) is 11.8 Å². The van der Waals surface area contributed by atoms with Crippen LogP contribution in [0.3, 0.4) is 0 Å². The molecule has 2 N–H and O–H groups in total. The summed E-state index contributed by atoms with van der Waals surface area (Å²) in [7, 11) is 1.84. The standard InChI is InChI=1S/C11H15N3O3/c1-14-6-7(5-13-14)2-3-12-10(15)8-4-9(8)11(16)17/h5-6,8-9H,2-4H2,1H3,(H,12,15)(H,16,17). The van der Waals surface area contributed by atoms with Crippen LogP contribution in [0.1, 0.15) is 12.0 Å². The first-order valence-electron chi connectivity index (χ1n) is 5.56. The average molecular weight is 237 g/mol. The highest BCUT2D eigenvalue weighted by Gasteiger charge is 2.48. The van der Waals surface area contributed by atoms with Gasteiger partial charge in [-0.3, -0.25) is 14.3 Å². The molecule has 0 aliphatic heterocycles. The van der Waals surface area contributed by atoms with Crippen LogP contribution in [0, 0.1) is 11.8 Å². The van der Waals surface area contributed by atoms with Crippen molar-refractivity contribution < 1.29 is 14.7 Å². The van der Waals surface area contributed by atoms with E-state index in [4.69, 9.17) is 5.11 Å². The van der Waals surface area contributed by atoms with Crippen molar-refractivity contribution in [2.24, 2.45) is 18.9 Å². The van der Waals surface area contributed by atoms with Crippen LogP contribution in [0.15, 0.2) is 12.4 Å². The minimum Gasteiger partial charge on any atom is -0.481 e. The third kappa shape index (κ3) is 2.83. The molecule has 0 spiro atoms. The summed E-state index contributed by atoms with van der Waals surface area (Å²) in [6.45, 7) is 0.521. The minimum atomic E-state index is -0.877. The van der Waals surface area contributed by atoms with Crippen molar-refractivity contribution in [2.45, 2.75) is 12.8 Å². The number of nitrogens with zero attached hydrogens (tertiary/aromatic N) is 2. The Bertz CT molecular complexity index is 441. The van der Waals surface area contributed by atoms with Crippen LogP contribution < -0.4 is 5.32 Å². The minimum absolute atomic E-state index is 0.152. The normalized spacial score (nSPS) is 22.2. The Hall–Kier alpha value is -1.85. The fraction of sp³-hybridized carbons (Fsp3) is 0.545. The lowest BCUT2D eigenvalue weighted by Gasteiger charge is -2.02. The number of aromatic nitrogens is 2. The van der Waals surface area contributed by atoms with Gasteiger partial charge in [-0.1, -0.05) is 0 Å². The summed E-state index contributed by atoms with van der Waals surface area (Å²) < 4.78 is 1.71. The zero-order valence-corrected chi connectivity index (χ0v) is 9.59. The molecular formula is C11H15N3O3. The van der Waals surface area contributed by atoms with Crippen molar-refractivity contribution in [3.05, 3.63) is 18.0 Å². The molecule has 1 aromatic heterocycles. The molecule has 0 radical (unpaired) electrons. The number of nitrogens with one attached hydrogen (secondary N) is 1. The van der Waals surface area contributed by atoms with E-state index in [1.807, 2.05) is 13.2 Å².